The molecule has 0 aliphatic rings. The van der Waals surface area contributed by atoms with E-state index in [2.05, 4.69) is 62.1 Å². The van der Waals surface area contributed by atoms with Crippen LogP contribution in [0.2, 0.25) is 0 Å². The minimum absolute atomic E-state index is 0.368. The van der Waals surface area contributed by atoms with Crippen molar-refractivity contribution >= 4 is 11.0 Å². The van der Waals surface area contributed by atoms with Gasteiger partial charge in [-0.05, 0) is 60.7 Å². The molecule has 1 aromatic carbocycles. The SMILES string of the molecule is Cc1cc(C)c(C(C)c2c[nH]c3ncccc23)cc1C. The average Bonchev–Trinajstić information content (AvgIpc) is 2.86. The zero-order chi connectivity index (χ0) is 14.3. The summed E-state index contributed by atoms with van der Waals surface area (Å²) in [5, 5.41) is 1.22. The van der Waals surface area contributed by atoms with Crippen LogP contribution < -0.4 is 0 Å². The molecule has 2 nitrogen and oxygen atoms in total. The van der Waals surface area contributed by atoms with Crippen LogP contribution >= 0.6 is 0 Å². The van der Waals surface area contributed by atoms with Gasteiger partial charge >= 0.3 is 0 Å². The summed E-state index contributed by atoms with van der Waals surface area (Å²) < 4.78 is 0. The van der Waals surface area contributed by atoms with E-state index in [0.717, 1.165) is 5.65 Å². The Morgan fingerprint density at radius 3 is 2.55 bits per heavy atom. The molecule has 2 aromatic heterocycles. The summed E-state index contributed by atoms with van der Waals surface area (Å²) in [6.45, 7) is 8.83. The molecule has 0 bridgehead atoms. The number of rotatable bonds is 2. The van der Waals surface area contributed by atoms with Crippen LogP contribution in [0.15, 0.2) is 36.7 Å². The van der Waals surface area contributed by atoms with E-state index in [9.17, 15) is 0 Å². The van der Waals surface area contributed by atoms with Crippen molar-refractivity contribution in [3.05, 3.63) is 64.5 Å². The molecule has 0 fully saturated rings. The Bertz CT molecular complexity index is 768. The van der Waals surface area contributed by atoms with E-state index in [4.69, 9.17) is 0 Å². The van der Waals surface area contributed by atoms with Gasteiger partial charge in [-0.2, -0.15) is 0 Å². The summed E-state index contributed by atoms with van der Waals surface area (Å²) in [7, 11) is 0. The molecule has 0 saturated heterocycles. The molecule has 3 rings (SSSR count). The number of aryl methyl sites for hydroxylation is 3. The molecule has 2 heterocycles. The van der Waals surface area contributed by atoms with E-state index < -0.39 is 0 Å². The molecule has 102 valence electrons. The van der Waals surface area contributed by atoms with Crippen LogP contribution in [0.3, 0.4) is 0 Å². The first-order valence-electron chi connectivity index (χ1n) is 7.07. The lowest BCUT2D eigenvalue weighted by Crippen LogP contribution is -2.00. The summed E-state index contributed by atoms with van der Waals surface area (Å²) in [4.78, 5) is 7.65. The second-order valence-electron chi connectivity index (χ2n) is 5.66. The van der Waals surface area contributed by atoms with Crippen LogP contribution in [-0.2, 0) is 0 Å². The number of hydrogen-bond acceptors (Lipinski definition) is 1. The topological polar surface area (TPSA) is 28.7 Å². The van der Waals surface area contributed by atoms with Crippen molar-refractivity contribution in [3.8, 4) is 0 Å². The van der Waals surface area contributed by atoms with Crippen molar-refractivity contribution in [2.24, 2.45) is 0 Å². The molecular formula is C18H20N2. The predicted molar refractivity (Wildman–Crippen MR) is 84.3 cm³/mol. The molecule has 0 radical (unpaired) electrons. The lowest BCUT2D eigenvalue weighted by Gasteiger charge is -2.16. The maximum absolute atomic E-state index is 4.38. The third-order valence-electron chi connectivity index (χ3n) is 4.30. The predicted octanol–water partition coefficient (Wildman–Crippen LogP) is 4.64. The van der Waals surface area contributed by atoms with Crippen molar-refractivity contribution in [3.63, 3.8) is 0 Å². The highest BCUT2D eigenvalue weighted by molar-refractivity contribution is 5.80. The highest BCUT2D eigenvalue weighted by Gasteiger charge is 2.16. The molecule has 20 heavy (non-hydrogen) atoms. The molecule has 0 aliphatic heterocycles. The number of H-pyrrole nitrogens is 1. The minimum Gasteiger partial charge on any atom is -0.346 e. The fraction of sp³-hybridized carbons (Fsp3) is 0.278. The Morgan fingerprint density at radius 1 is 1.00 bits per heavy atom. The Hall–Kier alpha value is -2.09. The molecule has 1 atom stereocenters. The number of nitrogens with zero attached hydrogens (tertiary/aromatic N) is 1. The lowest BCUT2D eigenvalue weighted by atomic mass is 9.88. The molecule has 2 heteroatoms. The van der Waals surface area contributed by atoms with Crippen LogP contribution in [0.25, 0.3) is 11.0 Å². The van der Waals surface area contributed by atoms with Crippen molar-refractivity contribution in [1.82, 2.24) is 9.97 Å². The number of hydrogen-bond donors (Lipinski definition) is 1. The van der Waals surface area contributed by atoms with Gasteiger partial charge in [0, 0.05) is 23.7 Å². The summed E-state index contributed by atoms with van der Waals surface area (Å²) in [5.41, 5.74) is 7.77. The summed E-state index contributed by atoms with van der Waals surface area (Å²) in [6.07, 6.45) is 3.92. The molecule has 0 saturated carbocycles. The second kappa shape index (κ2) is 4.78. The van der Waals surface area contributed by atoms with Crippen molar-refractivity contribution in [2.75, 3.05) is 0 Å². The highest BCUT2D eigenvalue weighted by atomic mass is 14.8. The van der Waals surface area contributed by atoms with Gasteiger partial charge in [0.1, 0.15) is 5.65 Å². The molecule has 0 spiro atoms. The standard InChI is InChI=1S/C18H20N2/c1-11-8-13(3)16(9-12(11)2)14(4)17-10-20-18-15(17)6-5-7-19-18/h5-10,14H,1-4H3,(H,19,20). The average molecular weight is 264 g/mol. The van der Waals surface area contributed by atoms with E-state index in [0.29, 0.717) is 5.92 Å². The number of aromatic nitrogens is 2. The van der Waals surface area contributed by atoms with Crippen molar-refractivity contribution < 1.29 is 0 Å². The largest absolute Gasteiger partial charge is 0.346 e. The fourth-order valence-corrected chi connectivity index (χ4v) is 2.95. The van der Waals surface area contributed by atoms with Crippen molar-refractivity contribution in [2.45, 2.75) is 33.6 Å². The quantitative estimate of drug-likeness (QED) is 0.717. The molecule has 0 amide bonds. The number of pyridine rings is 1. The Kier molecular flexibility index (Phi) is 3.09. The summed E-state index contributed by atoms with van der Waals surface area (Å²) in [5.74, 6) is 0.368. The number of nitrogens with one attached hydrogen (secondary N) is 1. The smallest absolute Gasteiger partial charge is 0.137 e. The molecule has 0 aliphatic carbocycles. The first kappa shape index (κ1) is 12.9. The highest BCUT2D eigenvalue weighted by Crippen LogP contribution is 2.32. The molecule has 1 unspecified atom stereocenters. The van der Waals surface area contributed by atoms with E-state index >= 15 is 0 Å². The van der Waals surface area contributed by atoms with Gasteiger partial charge in [-0.1, -0.05) is 19.1 Å². The first-order valence-corrected chi connectivity index (χ1v) is 7.07. The van der Waals surface area contributed by atoms with E-state index in [1.54, 1.807) is 0 Å². The van der Waals surface area contributed by atoms with E-state index in [-0.39, 0.29) is 0 Å². The van der Waals surface area contributed by atoms with Crippen molar-refractivity contribution in [1.29, 1.82) is 0 Å². The van der Waals surface area contributed by atoms with Crippen LogP contribution in [-0.4, -0.2) is 9.97 Å². The Balaban J connectivity index is 2.13. The zero-order valence-electron chi connectivity index (χ0n) is 12.5. The van der Waals surface area contributed by atoms with Gasteiger partial charge in [0.15, 0.2) is 0 Å². The molecular weight excluding hydrogens is 244 g/mol. The van der Waals surface area contributed by atoms with Gasteiger partial charge in [0.2, 0.25) is 0 Å². The third kappa shape index (κ3) is 2.01. The van der Waals surface area contributed by atoms with Gasteiger partial charge in [-0.25, -0.2) is 4.98 Å². The van der Waals surface area contributed by atoms with Gasteiger partial charge in [-0.3, -0.25) is 0 Å². The maximum atomic E-state index is 4.38. The van der Waals surface area contributed by atoms with Gasteiger partial charge in [-0.15, -0.1) is 0 Å². The molecule has 3 aromatic rings. The monoisotopic (exact) mass is 264 g/mol. The summed E-state index contributed by atoms with van der Waals surface area (Å²) >= 11 is 0. The van der Waals surface area contributed by atoms with Crippen LogP contribution in [0.1, 0.15) is 40.7 Å². The van der Waals surface area contributed by atoms with Crippen LogP contribution in [0.4, 0.5) is 0 Å². The van der Waals surface area contributed by atoms with E-state index in [1.807, 2.05) is 12.3 Å². The fourth-order valence-electron chi connectivity index (χ4n) is 2.95. The van der Waals surface area contributed by atoms with Gasteiger partial charge in [0.25, 0.3) is 0 Å². The Labute approximate surface area is 119 Å². The Morgan fingerprint density at radius 2 is 1.75 bits per heavy atom. The number of fused-ring (bicyclic) bond motifs is 1. The van der Waals surface area contributed by atoms with Crippen LogP contribution in [0.5, 0.6) is 0 Å². The number of benzene rings is 1. The first-order chi connectivity index (χ1) is 9.58. The van der Waals surface area contributed by atoms with Crippen LogP contribution in [0, 0.1) is 20.8 Å². The second-order valence-corrected chi connectivity index (χ2v) is 5.66. The lowest BCUT2D eigenvalue weighted by molar-refractivity contribution is 0.914. The minimum atomic E-state index is 0.368. The van der Waals surface area contributed by atoms with Gasteiger partial charge in [0.05, 0.1) is 0 Å². The summed E-state index contributed by atoms with van der Waals surface area (Å²) in [6, 6.07) is 8.75. The number of aromatic amines is 1. The normalized spacial score (nSPS) is 12.8. The maximum Gasteiger partial charge on any atom is 0.137 e. The molecule has 1 N–H and O–H groups in total. The van der Waals surface area contributed by atoms with E-state index in [1.165, 1.54) is 33.2 Å². The van der Waals surface area contributed by atoms with Gasteiger partial charge < -0.3 is 4.98 Å². The third-order valence-corrected chi connectivity index (χ3v) is 4.30. The zero-order valence-corrected chi connectivity index (χ0v) is 12.5.